The first-order valence-corrected chi connectivity index (χ1v) is 11.8. The van der Waals surface area contributed by atoms with Crippen molar-refractivity contribution in [1.82, 2.24) is 4.57 Å². The molecule has 0 saturated heterocycles. The summed E-state index contributed by atoms with van der Waals surface area (Å²) in [6.07, 6.45) is 1.57. The minimum absolute atomic E-state index is 0.0854. The van der Waals surface area contributed by atoms with E-state index >= 15 is 0 Å². The molecule has 4 rings (SSSR count). The molecule has 0 unspecified atom stereocenters. The topological polar surface area (TPSA) is 122 Å². The number of nitro groups is 1. The smallest absolute Gasteiger partial charge is 0.338 e. The van der Waals surface area contributed by atoms with Crippen LogP contribution in [-0.2, 0) is 9.53 Å². The van der Waals surface area contributed by atoms with Crippen LogP contribution < -0.4 is 24.4 Å². The van der Waals surface area contributed by atoms with E-state index in [1.54, 1.807) is 50.3 Å². The number of nitro benzene ring substituents is 1. The molecule has 10 nitrogen and oxygen atoms in total. The molecule has 2 heterocycles. The normalized spacial score (nSPS) is 15.2. The van der Waals surface area contributed by atoms with Crippen LogP contribution in [0.15, 0.2) is 63.5 Å². The lowest BCUT2D eigenvalue weighted by atomic mass is 9.95. The van der Waals surface area contributed by atoms with Crippen molar-refractivity contribution in [2.24, 2.45) is 4.99 Å². The maximum atomic E-state index is 13.7. The van der Waals surface area contributed by atoms with Crippen molar-refractivity contribution in [2.45, 2.75) is 19.9 Å². The number of carbonyl (C=O) groups excluding carboxylic acids is 1. The fraction of sp³-hybridized carbons (Fsp3) is 0.240. The summed E-state index contributed by atoms with van der Waals surface area (Å²) in [6, 6.07) is 10.2. The molecule has 0 N–H and O–H groups in total. The molecular weight excluding hydrogens is 486 g/mol. The highest BCUT2D eigenvalue weighted by molar-refractivity contribution is 7.07. The number of allylic oxidation sites excluding steroid dienone is 1. The maximum absolute atomic E-state index is 13.7. The summed E-state index contributed by atoms with van der Waals surface area (Å²) in [6.45, 7) is 3.54. The van der Waals surface area contributed by atoms with E-state index in [0.717, 1.165) is 11.3 Å². The summed E-state index contributed by atoms with van der Waals surface area (Å²) < 4.78 is 17.9. The molecular formula is C25H23N3O7S. The number of hydrogen-bond acceptors (Lipinski definition) is 9. The lowest BCUT2D eigenvalue weighted by Gasteiger charge is -2.26. The second kappa shape index (κ2) is 10.2. The van der Waals surface area contributed by atoms with E-state index in [1.807, 2.05) is 0 Å². The van der Waals surface area contributed by atoms with E-state index in [4.69, 9.17) is 14.2 Å². The number of thiazole rings is 1. The van der Waals surface area contributed by atoms with Gasteiger partial charge in [-0.15, -0.1) is 0 Å². The van der Waals surface area contributed by atoms with Gasteiger partial charge < -0.3 is 14.2 Å². The number of non-ortho nitro benzene ring substituents is 1. The fourth-order valence-electron chi connectivity index (χ4n) is 4.01. The number of fused-ring (bicyclic) bond motifs is 1. The lowest BCUT2D eigenvalue weighted by molar-refractivity contribution is -0.384. The number of rotatable bonds is 7. The molecule has 0 fully saturated rings. The summed E-state index contributed by atoms with van der Waals surface area (Å²) in [5.74, 6) is 0.380. The average Bonchev–Trinajstić information content (AvgIpc) is 3.17. The highest BCUT2D eigenvalue weighted by atomic mass is 32.1. The van der Waals surface area contributed by atoms with E-state index in [2.05, 4.69) is 4.99 Å². The van der Waals surface area contributed by atoms with Crippen LogP contribution in [0.1, 0.15) is 31.0 Å². The first kappa shape index (κ1) is 24.9. The summed E-state index contributed by atoms with van der Waals surface area (Å²) in [4.78, 5) is 42.3. The monoisotopic (exact) mass is 509 g/mol. The fourth-order valence-corrected chi connectivity index (χ4v) is 5.06. The van der Waals surface area contributed by atoms with Crippen LogP contribution in [0.4, 0.5) is 5.69 Å². The van der Waals surface area contributed by atoms with Crippen molar-refractivity contribution in [3.63, 3.8) is 0 Å². The predicted octanol–water partition coefficient (Wildman–Crippen LogP) is 2.72. The molecule has 186 valence electrons. The second-order valence-electron chi connectivity index (χ2n) is 7.76. The van der Waals surface area contributed by atoms with Crippen molar-refractivity contribution >= 4 is 29.1 Å². The SMILES string of the molecule is CCOC(=O)C1=C(C)N=c2s/c(=C\c3cccc([N+](=O)[O-])c3)c(=O)n2[C@@H]1c1ccc(OC)cc1OC. The van der Waals surface area contributed by atoms with Crippen molar-refractivity contribution in [1.29, 1.82) is 0 Å². The van der Waals surface area contributed by atoms with Gasteiger partial charge >= 0.3 is 5.97 Å². The Balaban J connectivity index is 1.98. The number of hydrogen-bond donors (Lipinski definition) is 0. The standard InChI is InChI=1S/C25H23N3O7S/c1-5-35-24(30)21-14(2)26-25-27(22(21)18-10-9-17(33-3)13-19(18)34-4)23(29)20(36-25)12-15-7-6-8-16(11-15)28(31)32/h6-13,22H,5H2,1-4H3/b20-12-/t22-/m1/s1. The minimum atomic E-state index is -0.867. The second-order valence-corrected chi connectivity index (χ2v) is 8.77. The molecule has 0 saturated carbocycles. The van der Waals surface area contributed by atoms with Gasteiger partial charge in [0.05, 0.1) is 41.6 Å². The molecule has 1 aliphatic rings. The van der Waals surface area contributed by atoms with E-state index < -0.39 is 22.5 Å². The van der Waals surface area contributed by atoms with Crippen molar-refractivity contribution < 1.29 is 23.9 Å². The zero-order valence-corrected chi connectivity index (χ0v) is 20.8. The van der Waals surface area contributed by atoms with Gasteiger partial charge in [0.25, 0.3) is 11.2 Å². The number of methoxy groups -OCH3 is 2. The number of ether oxygens (including phenoxy) is 3. The highest BCUT2D eigenvalue weighted by Gasteiger charge is 2.35. The molecule has 11 heteroatoms. The Morgan fingerprint density at radius 3 is 2.67 bits per heavy atom. The Hall–Kier alpha value is -4.25. The van der Waals surface area contributed by atoms with Gasteiger partial charge in [0.15, 0.2) is 4.80 Å². The van der Waals surface area contributed by atoms with Gasteiger partial charge in [-0.2, -0.15) is 0 Å². The average molecular weight is 510 g/mol. The van der Waals surface area contributed by atoms with Crippen molar-refractivity contribution in [2.75, 3.05) is 20.8 Å². The molecule has 0 spiro atoms. The first-order chi connectivity index (χ1) is 17.3. The first-order valence-electron chi connectivity index (χ1n) is 10.9. The Kier molecular flexibility index (Phi) is 7.02. The Labute approximate surface area is 209 Å². The molecule has 1 aliphatic heterocycles. The van der Waals surface area contributed by atoms with Gasteiger partial charge in [0.1, 0.15) is 17.5 Å². The number of esters is 1. The van der Waals surface area contributed by atoms with Gasteiger partial charge in [-0.1, -0.05) is 23.5 Å². The van der Waals surface area contributed by atoms with Gasteiger partial charge in [0, 0.05) is 23.8 Å². The van der Waals surface area contributed by atoms with E-state index in [0.29, 0.717) is 37.7 Å². The van der Waals surface area contributed by atoms with Crippen LogP contribution in [-0.4, -0.2) is 36.3 Å². The van der Waals surface area contributed by atoms with Crippen LogP contribution in [0.3, 0.4) is 0 Å². The predicted molar refractivity (Wildman–Crippen MR) is 133 cm³/mol. The number of carbonyl (C=O) groups is 1. The van der Waals surface area contributed by atoms with E-state index in [1.165, 1.54) is 30.9 Å². The van der Waals surface area contributed by atoms with Crippen LogP contribution in [0.25, 0.3) is 6.08 Å². The Bertz CT molecular complexity index is 1570. The molecule has 1 atom stereocenters. The molecule has 36 heavy (non-hydrogen) atoms. The summed E-state index contributed by atoms with van der Waals surface area (Å²) in [7, 11) is 3.02. The van der Waals surface area contributed by atoms with Gasteiger partial charge in [0.2, 0.25) is 0 Å². The maximum Gasteiger partial charge on any atom is 0.338 e. The third kappa shape index (κ3) is 4.52. The zero-order chi connectivity index (χ0) is 26.0. The molecule has 0 bridgehead atoms. The van der Waals surface area contributed by atoms with Crippen LogP contribution >= 0.6 is 11.3 Å². The lowest BCUT2D eigenvalue weighted by Crippen LogP contribution is -2.40. The Morgan fingerprint density at radius 2 is 2.00 bits per heavy atom. The quantitative estimate of drug-likeness (QED) is 0.273. The van der Waals surface area contributed by atoms with Crippen molar-refractivity contribution in [3.8, 4) is 11.5 Å². The third-order valence-corrected chi connectivity index (χ3v) is 6.61. The molecule has 2 aromatic carbocycles. The highest BCUT2D eigenvalue weighted by Crippen LogP contribution is 2.37. The van der Waals surface area contributed by atoms with E-state index in [-0.39, 0.29) is 17.9 Å². The van der Waals surface area contributed by atoms with Crippen molar-refractivity contribution in [3.05, 3.63) is 94.7 Å². The summed E-state index contributed by atoms with van der Waals surface area (Å²) >= 11 is 1.13. The summed E-state index contributed by atoms with van der Waals surface area (Å²) in [5, 5.41) is 11.2. The van der Waals surface area contributed by atoms with Gasteiger partial charge in [-0.25, -0.2) is 9.79 Å². The summed E-state index contributed by atoms with van der Waals surface area (Å²) in [5.41, 5.74) is 1.20. The van der Waals surface area contributed by atoms with Gasteiger partial charge in [-0.3, -0.25) is 19.5 Å². The van der Waals surface area contributed by atoms with Crippen LogP contribution in [0.2, 0.25) is 0 Å². The Morgan fingerprint density at radius 1 is 1.22 bits per heavy atom. The molecule has 1 aromatic heterocycles. The van der Waals surface area contributed by atoms with Gasteiger partial charge in [-0.05, 0) is 37.6 Å². The largest absolute Gasteiger partial charge is 0.497 e. The molecule has 3 aromatic rings. The minimum Gasteiger partial charge on any atom is -0.497 e. The number of nitrogens with zero attached hydrogens (tertiary/aromatic N) is 3. The molecule has 0 aliphatic carbocycles. The molecule has 0 radical (unpaired) electrons. The number of aromatic nitrogens is 1. The number of benzene rings is 2. The van der Waals surface area contributed by atoms with E-state index in [9.17, 15) is 19.7 Å². The van der Waals surface area contributed by atoms with Crippen LogP contribution in [0, 0.1) is 10.1 Å². The third-order valence-electron chi connectivity index (χ3n) is 5.63. The molecule has 0 amide bonds. The van der Waals surface area contributed by atoms with Crippen LogP contribution in [0.5, 0.6) is 11.5 Å². The zero-order valence-electron chi connectivity index (χ0n) is 20.0.